The number of nitrogens with one attached hydrogen (secondary N) is 2. The topological polar surface area (TPSA) is 48.1 Å². The summed E-state index contributed by atoms with van der Waals surface area (Å²) in [4.78, 5) is 17.2. The summed E-state index contributed by atoms with van der Waals surface area (Å²) in [6, 6.07) is 6.34. The van der Waals surface area contributed by atoms with E-state index in [-0.39, 0.29) is 5.91 Å². The lowest BCUT2D eigenvalue weighted by atomic mass is 10.0. The molecule has 0 bridgehead atoms. The molecule has 0 aliphatic carbocycles. The van der Waals surface area contributed by atoms with Crippen LogP contribution in [0, 0.1) is 6.92 Å². The maximum atomic E-state index is 11.8. The molecule has 4 heteroatoms. The van der Waals surface area contributed by atoms with Gasteiger partial charge < -0.3 is 15.2 Å². The monoisotopic (exact) mass is 281 g/mol. The third kappa shape index (κ3) is 1.83. The number of fused-ring (bicyclic) bond motifs is 2. The van der Waals surface area contributed by atoms with Crippen LogP contribution in [0.25, 0.3) is 11.3 Å². The first-order valence-corrected chi connectivity index (χ1v) is 7.46. The Morgan fingerprint density at radius 2 is 2.14 bits per heavy atom. The molecule has 2 aromatic rings. The number of nitrogens with zero attached hydrogens (tertiary/aromatic N) is 1. The second-order valence-electron chi connectivity index (χ2n) is 5.98. The first kappa shape index (κ1) is 12.7. The van der Waals surface area contributed by atoms with Crippen LogP contribution >= 0.6 is 0 Å². The van der Waals surface area contributed by atoms with Crippen LogP contribution in [0.4, 0.5) is 5.69 Å². The molecule has 0 unspecified atom stereocenters. The molecular weight excluding hydrogens is 262 g/mol. The Hall–Kier alpha value is -2.07. The standard InChI is InChI=1S/C17H19N3O/c1-10-13-9-18-6-5-14(13)19-17(10)11-3-4-15-12(7-11)8-16(21)20(15)2/h3-4,7,18-19H,5-6,8-9H2,1-2H3. The van der Waals surface area contributed by atoms with Gasteiger partial charge in [0.1, 0.15) is 0 Å². The van der Waals surface area contributed by atoms with Crippen LogP contribution in [0.3, 0.4) is 0 Å². The molecule has 1 amide bonds. The number of carbonyl (C=O) groups excluding carboxylic acids is 1. The van der Waals surface area contributed by atoms with Gasteiger partial charge in [-0.05, 0) is 41.3 Å². The average Bonchev–Trinajstić information content (AvgIpc) is 2.98. The molecule has 1 aromatic heterocycles. The second-order valence-corrected chi connectivity index (χ2v) is 5.98. The Morgan fingerprint density at radius 1 is 1.29 bits per heavy atom. The lowest BCUT2D eigenvalue weighted by Gasteiger charge is -2.12. The number of benzene rings is 1. The molecule has 108 valence electrons. The third-order valence-electron chi connectivity index (χ3n) is 4.77. The number of aromatic nitrogens is 1. The summed E-state index contributed by atoms with van der Waals surface area (Å²) in [6.07, 6.45) is 1.57. The summed E-state index contributed by atoms with van der Waals surface area (Å²) in [6.45, 7) is 4.17. The minimum Gasteiger partial charge on any atom is -0.358 e. The van der Waals surface area contributed by atoms with Crippen LogP contribution in [-0.2, 0) is 24.2 Å². The number of rotatable bonds is 1. The summed E-state index contributed by atoms with van der Waals surface area (Å²) < 4.78 is 0. The van der Waals surface area contributed by atoms with E-state index in [1.807, 2.05) is 7.05 Å². The van der Waals surface area contributed by atoms with Crippen molar-refractivity contribution in [2.45, 2.75) is 26.3 Å². The van der Waals surface area contributed by atoms with Crippen LogP contribution in [0.1, 0.15) is 22.4 Å². The molecule has 1 aromatic carbocycles. The largest absolute Gasteiger partial charge is 0.358 e. The normalized spacial score (nSPS) is 17.0. The molecule has 0 fully saturated rings. The number of H-pyrrole nitrogens is 1. The molecule has 4 nitrogen and oxygen atoms in total. The van der Waals surface area contributed by atoms with Crippen molar-refractivity contribution in [3.8, 4) is 11.3 Å². The maximum absolute atomic E-state index is 11.8. The molecule has 0 saturated carbocycles. The van der Waals surface area contributed by atoms with Gasteiger partial charge in [0.25, 0.3) is 0 Å². The van der Waals surface area contributed by atoms with E-state index in [1.165, 1.54) is 28.1 Å². The van der Waals surface area contributed by atoms with Gasteiger partial charge in [-0.3, -0.25) is 4.79 Å². The Bertz CT molecular complexity index is 745. The number of likely N-dealkylation sites (N-methyl/N-ethyl adjacent to an activating group) is 1. The van der Waals surface area contributed by atoms with E-state index in [0.29, 0.717) is 6.42 Å². The number of hydrogen-bond acceptors (Lipinski definition) is 2. The Labute approximate surface area is 124 Å². The number of hydrogen-bond donors (Lipinski definition) is 2. The van der Waals surface area contributed by atoms with Gasteiger partial charge >= 0.3 is 0 Å². The van der Waals surface area contributed by atoms with Gasteiger partial charge in [0.15, 0.2) is 0 Å². The predicted octanol–water partition coefficient (Wildman–Crippen LogP) is 2.15. The van der Waals surface area contributed by atoms with Crippen LogP contribution in [0.5, 0.6) is 0 Å². The minimum absolute atomic E-state index is 0.175. The molecule has 0 radical (unpaired) electrons. The van der Waals surface area contributed by atoms with Crippen molar-refractivity contribution >= 4 is 11.6 Å². The quantitative estimate of drug-likeness (QED) is 0.841. The molecule has 3 heterocycles. The van der Waals surface area contributed by atoms with E-state index >= 15 is 0 Å². The minimum atomic E-state index is 0.175. The van der Waals surface area contributed by atoms with Crippen molar-refractivity contribution in [1.82, 2.24) is 10.3 Å². The Balaban J connectivity index is 1.80. The lowest BCUT2D eigenvalue weighted by molar-refractivity contribution is -0.117. The zero-order valence-corrected chi connectivity index (χ0v) is 12.4. The van der Waals surface area contributed by atoms with Crippen molar-refractivity contribution < 1.29 is 4.79 Å². The first-order valence-electron chi connectivity index (χ1n) is 7.46. The Morgan fingerprint density at radius 3 is 2.95 bits per heavy atom. The van der Waals surface area contributed by atoms with E-state index in [0.717, 1.165) is 30.8 Å². The summed E-state index contributed by atoms with van der Waals surface area (Å²) in [7, 11) is 1.85. The molecule has 0 saturated heterocycles. The number of carbonyl (C=O) groups is 1. The fourth-order valence-electron chi connectivity index (χ4n) is 3.49. The molecule has 2 aliphatic rings. The number of amides is 1. The maximum Gasteiger partial charge on any atom is 0.231 e. The second kappa shape index (κ2) is 4.46. The molecule has 2 N–H and O–H groups in total. The van der Waals surface area contributed by atoms with Crippen molar-refractivity contribution in [3.63, 3.8) is 0 Å². The van der Waals surface area contributed by atoms with Crippen LogP contribution in [0.2, 0.25) is 0 Å². The van der Waals surface area contributed by atoms with Gasteiger partial charge in [0, 0.05) is 43.6 Å². The highest BCUT2D eigenvalue weighted by molar-refractivity contribution is 6.01. The zero-order valence-electron chi connectivity index (χ0n) is 12.4. The van der Waals surface area contributed by atoms with E-state index in [2.05, 4.69) is 35.4 Å². The van der Waals surface area contributed by atoms with Crippen molar-refractivity contribution in [2.75, 3.05) is 18.5 Å². The number of anilines is 1. The fourth-order valence-corrected chi connectivity index (χ4v) is 3.49. The highest BCUT2D eigenvalue weighted by atomic mass is 16.2. The van der Waals surface area contributed by atoms with Gasteiger partial charge in [-0.1, -0.05) is 6.07 Å². The lowest BCUT2D eigenvalue weighted by Crippen LogP contribution is -2.23. The molecule has 0 atom stereocenters. The number of aromatic amines is 1. The highest BCUT2D eigenvalue weighted by Gasteiger charge is 2.25. The van der Waals surface area contributed by atoms with Crippen molar-refractivity contribution in [3.05, 3.63) is 40.6 Å². The van der Waals surface area contributed by atoms with E-state index < -0.39 is 0 Å². The van der Waals surface area contributed by atoms with Gasteiger partial charge in [-0.25, -0.2) is 0 Å². The summed E-state index contributed by atoms with van der Waals surface area (Å²) in [5.41, 5.74) is 8.65. The van der Waals surface area contributed by atoms with Gasteiger partial charge in [-0.15, -0.1) is 0 Å². The molecular formula is C17H19N3O. The van der Waals surface area contributed by atoms with Crippen LogP contribution in [0.15, 0.2) is 18.2 Å². The third-order valence-corrected chi connectivity index (χ3v) is 4.77. The summed E-state index contributed by atoms with van der Waals surface area (Å²) >= 11 is 0. The van der Waals surface area contributed by atoms with Crippen LogP contribution < -0.4 is 10.2 Å². The molecule has 21 heavy (non-hydrogen) atoms. The van der Waals surface area contributed by atoms with Gasteiger partial charge in [0.05, 0.1) is 6.42 Å². The van der Waals surface area contributed by atoms with E-state index in [4.69, 9.17) is 0 Å². The Kier molecular flexibility index (Phi) is 2.69. The molecule has 4 rings (SSSR count). The average molecular weight is 281 g/mol. The first-order chi connectivity index (χ1) is 10.1. The van der Waals surface area contributed by atoms with Gasteiger partial charge in [-0.2, -0.15) is 0 Å². The van der Waals surface area contributed by atoms with Crippen LogP contribution in [-0.4, -0.2) is 24.5 Å². The van der Waals surface area contributed by atoms with Crippen molar-refractivity contribution in [1.29, 1.82) is 0 Å². The van der Waals surface area contributed by atoms with E-state index in [9.17, 15) is 4.79 Å². The van der Waals surface area contributed by atoms with Crippen molar-refractivity contribution in [2.24, 2.45) is 0 Å². The SMILES string of the molecule is Cc1c(-c2ccc3c(c2)CC(=O)N3C)[nH]c2c1CNCC2. The van der Waals surface area contributed by atoms with E-state index in [1.54, 1.807) is 4.90 Å². The zero-order chi connectivity index (χ0) is 14.6. The highest BCUT2D eigenvalue weighted by Crippen LogP contribution is 2.34. The summed E-state index contributed by atoms with van der Waals surface area (Å²) in [5, 5.41) is 3.43. The van der Waals surface area contributed by atoms with Gasteiger partial charge in [0.2, 0.25) is 5.91 Å². The molecule has 0 spiro atoms. The fraction of sp³-hybridized carbons (Fsp3) is 0.353. The summed E-state index contributed by atoms with van der Waals surface area (Å²) in [5.74, 6) is 0.175. The smallest absolute Gasteiger partial charge is 0.231 e. The predicted molar refractivity (Wildman–Crippen MR) is 83.5 cm³/mol. The molecule has 2 aliphatic heterocycles.